The number of rotatable bonds is 3. The van der Waals surface area contributed by atoms with Crippen molar-refractivity contribution in [1.29, 1.82) is 0 Å². The van der Waals surface area contributed by atoms with Crippen LogP contribution in [0.1, 0.15) is 11.1 Å². The molecule has 1 aliphatic rings. The van der Waals surface area contributed by atoms with Crippen LogP contribution in [0.15, 0.2) is 12.1 Å². The maximum atomic E-state index is 12.1. The number of amides is 3. The molecule has 1 atom stereocenters. The summed E-state index contributed by atoms with van der Waals surface area (Å²) >= 11 is 12.0. The Balaban J connectivity index is 2.03. The molecule has 0 unspecified atom stereocenters. The van der Waals surface area contributed by atoms with Gasteiger partial charge in [0, 0.05) is 30.2 Å². The Kier molecular flexibility index (Phi) is 4.40. The van der Waals surface area contributed by atoms with Crippen molar-refractivity contribution in [2.75, 3.05) is 13.6 Å². The fourth-order valence-corrected chi connectivity index (χ4v) is 2.77. The molecule has 5 nitrogen and oxygen atoms in total. The quantitative estimate of drug-likeness (QED) is 0.895. The molecule has 0 spiro atoms. The van der Waals surface area contributed by atoms with E-state index in [1.54, 1.807) is 19.2 Å². The number of hydrogen-bond donors (Lipinski definition) is 2. The van der Waals surface area contributed by atoms with Gasteiger partial charge in [-0.25, -0.2) is 4.79 Å². The van der Waals surface area contributed by atoms with Crippen LogP contribution in [0.4, 0.5) is 4.79 Å². The van der Waals surface area contributed by atoms with Crippen molar-refractivity contribution >= 4 is 35.1 Å². The van der Waals surface area contributed by atoms with Gasteiger partial charge in [-0.2, -0.15) is 0 Å². The van der Waals surface area contributed by atoms with Gasteiger partial charge in [0.15, 0.2) is 0 Å². The number of nitrogens with zero attached hydrogens (tertiary/aromatic N) is 1. The van der Waals surface area contributed by atoms with E-state index in [2.05, 4.69) is 10.6 Å². The van der Waals surface area contributed by atoms with Gasteiger partial charge in [0.2, 0.25) is 5.91 Å². The van der Waals surface area contributed by atoms with Crippen LogP contribution in [0, 0.1) is 6.92 Å². The van der Waals surface area contributed by atoms with E-state index in [-0.39, 0.29) is 11.9 Å². The number of benzene rings is 1. The van der Waals surface area contributed by atoms with Crippen molar-refractivity contribution < 1.29 is 9.59 Å². The zero-order valence-corrected chi connectivity index (χ0v) is 12.7. The highest BCUT2D eigenvalue weighted by Crippen LogP contribution is 2.24. The molecule has 2 rings (SSSR count). The molecule has 7 heteroatoms. The third kappa shape index (κ3) is 2.99. The van der Waals surface area contributed by atoms with Crippen LogP contribution in [-0.2, 0) is 11.3 Å². The lowest BCUT2D eigenvalue weighted by atomic mass is 10.1. The lowest BCUT2D eigenvalue weighted by Gasteiger charge is -2.18. The highest BCUT2D eigenvalue weighted by atomic mass is 35.5. The van der Waals surface area contributed by atoms with Crippen LogP contribution in [0.5, 0.6) is 0 Å². The minimum atomic E-state index is -0.492. The zero-order valence-electron chi connectivity index (χ0n) is 11.2. The number of urea groups is 1. The lowest BCUT2D eigenvalue weighted by molar-refractivity contribution is -0.124. The first-order chi connectivity index (χ1) is 9.40. The number of carbonyl (C=O) groups excluding carboxylic acids is 2. The second kappa shape index (κ2) is 5.89. The van der Waals surface area contributed by atoms with Crippen LogP contribution < -0.4 is 10.6 Å². The molecule has 3 amide bonds. The number of aryl methyl sites for hydroxylation is 1. The van der Waals surface area contributed by atoms with Crippen molar-refractivity contribution in [2.45, 2.75) is 19.5 Å². The van der Waals surface area contributed by atoms with Gasteiger partial charge in [0.05, 0.1) is 0 Å². The normalized spacial score (nSPS) is 18.1. The highest BCUT2D eigenvalue weighted by molar-refractivity contribution is 6.35. The van der Waals surface area contributed by atoms with Crippen LogP contribution >= 0.6 is 23.2 Å². The maximum absolute atomic E-state index is 12.1. The van der Waals surface area contributed by atoms with Gasteiger partial charge in [-0.05, 0) is 30.2 Å². The van der Waals surface area contributed by atoms with Gasteiger partial charge in [0.1, 0.15) is 6.04 Å². The minimum absolute atomic E-state index is 0.212. The fourth-order valence-electron chi connectivity index (χ4n) is 2.11. The van der Waals surface area contributed by atoms with E-state index in [1.807, 2.05) is 6.92 Å². The molecular weight excluding hydrogens is 301 g/mol. The maximum Gasteiger partial charge on any atom is 0.317 e. The number of hydrogen-bond acceptors (Lipinski definition) is 2. The minimum Gasteiger partial charge on any atom is -0.350 e. The SMILES string of the molecule is Cc1cc(Cl)cc(Cl)c1CNC(=O)[C@@H]1CNC(=O)N1C. The summed E-state index contributed by atoms with van der Waals surface area (Å²) in [6, 6.07) is 2.70. The van der Waals surface area contributed by atoms with Crippen LogP contribution in [0.25, 0.3) is 0 Å². The van der Waals surface area contributed by atoms with Gasteiger partial charge >= 0.3 is 6.03 Å². The third-order valence-electron chi connectivity index (χ3n) is 3.36. The van der Waals surface area contributed by atoms with E-state index >= 15 is 0 Å². The van der Waals surface area contributed by atoms with Gasteiger partial charge in [-0.3, -0.25) is 4.79 Å². The lowest BCUT2D eigenvalue weighted by Crippen LogP contribution is -2.43. The predicted octanol–water partition coefficient (Wildman–Crippen LogP) is 1.94. The van der Waals surface area contributed by atoms with E-state index < -0.39 is 6.04 Å². The first kappa shape index (κ1) is 14.9. The molecule has 1 aromatic rings. The van der Waals surface area contributed by atoms with Crippen LogP contribution in [0.3, 0.4) is 0 Å². The molecule has 1 aliphatic heterocycles. The molecule has 20 heavy (non-hydrogen) atoms. The second-order valence-electron chi connectivity index (χ2n) is 4.71. The Morgan fingerprint density at radius 2 is 2.20 bits per heavy atom. The number of nitrogens with one attached hydrogen (secondary N) is 2. The summed E-state index contributed by atoms with van der Waals surface area (Å²) in [5, 5.41) is 6.48. The topological polar surface area (TPSA) is 61.4 Å². The van der Waals surface area contributed by atoms with Crippen molar-refractivity contribution in [1.82, 2.24) is 15.5 Å². The van der Waals surface area contributed by atoms with Gasteiger partial charge in [-0.15, -0.1) is 0 Å². The standard InChI is InChI=1S/C13H15Cl2N3O2/c1-7-3-8(14)4-10(15)9(7)5-16-12(19)11-6-17-13(20)18(11)2/h3-4,11H,5-6H2,1-2H3,(H,16,19)(H,17,20)/t11-/m0/s1. The van der Waals surface area contributed by atoms with Gasteiger partial charge in [0.25, 0.3) is 0 Å². The molecule has 0 aliphatic carbocycles. The molecular formula is C13H15Cl2N3O2. The molecule has 1 aromatic carbocycles. The molecule has 1 saturated heterocycles. The Morgan fingerprint density at radius 3 is 2.75 bits per heavy atom. The molecule has 2 N–H and O–H groups in total. The first-order valence-electron chi connectivity index (χ1n) is 6.13. The summed E-state index contributed by atoms with van der Waals surface area (Å²) in [5.41, 5.74) is 1.74. The summed E-state index contributed by atoms with van der Waals surface area (Å²) in [7, 11) is 1.59. The summed E-state index contributed by atoms with van der Waals surface area (Å²) in [5.74, 6) is -0.212. The van der Waals surface area contributed by atoms with E-state index in [9.17, 15) is 9.59 Å². The number of halogens is 2. The zero-order chi connectivity index (χ0) is 14.9. The Labute approximate surface area is 127 Å². The number of carbonyl (C=O) groups is 2. The average molecular weight is 316 g/mol. The molecule has 108 valence electrons. The number of likely N-dealkylation sites (N-methyl/N-ethyl adjacent to an activating group) is 1. The molecule has 0 radical (unpaired) electrons. The van der Waals surface area contributed by atoms with E-state index in [0.717, 1.165) is 11.1 Å². The van der Waals surface area contributed by atoms with Crippen molar-refractivity contribution in [3.05, 3.63) is 33.3 Å². The first-order valence-corrected chi connectivity index (χ1v) is 6.88. The largest absolute Gasteiger partial charge is 0.350 e. The van der Waals surface area contributed by atoms with Crippen molar-refractivity contribution in [3.8, 4) is 0 Å². The molecule has 1 fully saturated rings. The Morgan fingerprint density at radius 1 is 1.50 bits per heavy atom. The van der Waals surface area contributed by atoms with E-state index in [4.69, 9.17) is 23.2 Å². The average Bonchev–Trinajstić information content (AvgIpc) is 2.68. The monoisotopic (exact) mass is 315 g/mol. The molecule has 1 heterocycles. The van der Waals surface area contributed by atoms with Gasteiger partial charge < -0.3 is 15.5 Å². The van der Waals surface area contributed by atoms with E-state index in [0.29, 0.717) is 23.1 Å². The molecule has 0 saturated carbocycles. The molecule has 0 aromatic heterocycles. The summed E-state index contributed by atoms with van der Waals surface area (Å²) in [6.07, 6.45) is 0. The summed E-state index contributed by atoms with van der Waals surface area (Å²) < 4.78 is 0. The summed E-state index contributed by atoms with van der Waals surface area (Å²) in [4.78, 5) is 24.7. The highest BCUT2D eigenvalue weighted by Gasteiger charge is 2.32. The fraction of sp³-hybridized carbons (Fsp3) is 0.385. The third-order valence-corrected chi connectivity index (χ3v) is 3.92. The van der Waals surface area contributed by atoms with Crippen LogP contribution in [0.2, 0.25) is 10.0 Å². The van der Waals surface area contributed by atoms with Gasteiger partial charge in [-0.1, -0.05) is 23.2 Å². The Bertz CT molecular complexity index is 540. The van der Waals surface area contributed by atoms with Crippen molar-refractivity contribution in [2.24, 2.45) is 0 Å². The smallest absolute Gasteiger partial charge is 0.317 e. The summed E-state index contributed by atoms with van der Waals surface area (Å²) in [6.45, 7) is 2.50. The molecule has 0 bridgehead atoms. The Hall–Kier alpha value is -1.46. The predicted molar refractivity (Wildman–Crippen MR) is 78.0 cm³/mol. The second-order valence-corrected chi connectivity index (χ2v) is 5.56. The van der Waals surface area contributed by atoms with Crippen molar-refractivity contribution in [3.63, 3.8) is 0 Å². The van der Waals surface area contributed by atoms with E-state index in [1.165, 1.54) is 4.90 Å². The van der Waals surface area contributed by atoms with Crippen LogP contribution in [-0.4, -0.2) is 36.5 Å².